The Morgan fingerprint density at radius 1 is 1.30 bits per heavy atom. The van der Waals surface area contributed by atoms with Gasteiger partial charge in [0.2, 0.25) is 0 Å². The van der Waals surface area contributed by atoms with Crippen LogP contribution in [-0.2, 0) is 14.2 Å². The average Bonchev–Trinajstić information content (AvgIpc) is 3.20. The highest BCUT2D eigenvalue weighted by Crippen LogP contribution is 2.24. The Morgan fingerprint density at radius 3 is 2.91 bits per heavy atom. The first-order valence-electron chi connectivity index (χ1n) is 9.07. The molecule has 2 fully saturated rings. The van der Waals surface area contributed by atoms with Crippen LogP contribution in [0.1, 0.15) is 46.0 Å². The van der Waals surface area contributed by atoms with E-state index in [1.807, 2.05) is 0 Å². The third-order valence-electron chi connectivity index (χ3n) is 4.30. The summed E-state index contributed by atoms with van der Waals surface area (Å²) in [6.07, 6.45) is 5.81. The first kappa shape index (κ1) is 18.5. The number of aliphatic imine (C=N–C) groups is 1. The second-order valence-corrected chi connectivity index (χ2v) is 6.59. The fourth-order valence-electron chi connectivity index (χ4n) is 2.92. The van der Waals surface area contributed by atoms with Crippen molar-refractivity contribution in [3.63, 3.8) is 0 Å². The van der Waals surface area contributed by atoms with Gasteiger partial charge in [-0.3, -0.25) is 4.99 Å². The summed E-state index contributed by atoms with van der Waals surface area (Å²) >= 11 is 0. The van der Waals surface area contributed by atoms with Crippen LogP contribution in [0, 0.1) is 0 Å². The molecule has 6 nitrogen and oxygen atoms in total. The Bertz CT molecular complexity index is 351. The highest BCUT2D eigenvalue weighted by Gasteiger charge is 2.29. The molecule has 0 bridgehead atoms. The highest BCUT2D eigenvalue weighted by atomic mass is 16.5. The minimum atomic E-state index is -0.0905. The normalized spacial score (nSPS) is 28.3. The van der Waals surface area contributed by atoms with Crippen LogP contribution in [0.3, 0.4) is 0 Å². The molecule has 23 heavy (non-hydrogen) atoms. The standard InChI is InChI=1S/C17H33N3O3/c1-3-18-16(20-14-17(2)8-5-12-23-17)19-9-6-10-21-13-15-7-4-11-22-15/h15H,3-14H2,1-2H3,(H2,18,19,20). The van der Waals surface area contributed by atoms with E-state index in [0.29, 0.717) is 12.6 Å². The molecular weight excluding hydrogens is 294 g/mol. The van der Waals surface area contributed by atoms with Gasteiger partial charge in [0.25, 0.3) is 0 Å². The molecule has 0 aromatic rings. The smallest absolute Gasteiger partial charge is 0.191 e. The lowest BCUT2D eigenvalue weighted by Crippen LogP contribution is -2.39. The SMILES string of the molecule is CCNC(=NCC1(C)CCCO1)NCCCOCC1CCCO1. The van der Waals surface area contributed by atoms with Crippen molar-refractivity contribution in [1.29, 1.82) is 0 Å². The van der Waals surface area contributed by atoms with E-state index in [0.717, 1.165) is 71.2 Å². The quantitative estimate of drug-likeness (QED) is 0.383. The van der Waals surface area contributed by atoms with Gasteiger partial charge in [0.15, 0.2) is 5.96 Å². The van der Waals surface area contributed by atoms with Crippen molar-refractivity contribution >= 4 is 5.96 Å². The van der Waals surface area contributed by atoms with E-state index in [1.165, 1.54) is 6.42 Å². The molecule has 0 aromatic heterocycles. The molecule has 0 spiro atoms. The molecule has 2 heterocycles. The second-order valence-electron chi connectivity index (χ2n) is 6.59. The van der Waals surface area contributed by atoms with E-state index in [4.69, 9.17) is 14.2 Å². The number of rotatable bonds is 9. The zero-order chi connectivity index (χ0) is 16.4. The Hall–Kier alpha value is -0.850. The molecule has 0 aliphatic carbocycles. The second kappa shape index (κ2) is 10.1. The van der Waals surface area contributed by atoms with Crippen LogP contribution in [0.25, 0.3) is 0 Å². The average molecular weight is 327 g/mol. The molecule has 0 radical (unpaired) electrons. The van der Waals surface area contributed by atoms with Crippen molar-refractivity contribution in [2.24, 2.45) is 4.99 Å². The molecule has 2 saturated heterocycles. The van der Waals surface area contributed by atoms with Crippen LogP contribution >= 0.6 is 0 Å². The number of guanidine groups is 1. The molecule has 2 aliphatic rings. The minimum absolute atomic E-state index is 0.0905. The van der Waals surface area contributed by atoms with E-state index in [1.54, 1.807) is 0 Å². The van der Waals surface area contributed by atoms with Gasteiger partial charge in [-0.25, -0.2) is 0 Å². The van der Waals surface area contributed by atoms with Gasteiger partial charge in [-0.2, -0.15) is 0 Å². The number of hydrogen-bond acceptors (Lipinski definition) is 4. The van der Waals surface area contributed by atoms with Crippen LogP contribution in [0.4, 0.5) is 0 Å². The molecular formula is C17H33N3O3. The van der Waals surface area contributed by atoms with Crippen molar-refractivity contribution < 1.29 is 14.2 Å². The maximum atomic E-state index is 5.78. The number of hydrogen-bond donors (Lipinski definition) is 2. The highest BCUT2D eigenvalue weighted by molar-refractivity contribution is 5.79. The lowest BCUT2D eigenvalue weighted by molar-refractivity contribution is 0.0168. The molecule has 0 amide bonds. The van der Waals surface area contributed by atoms with Crippen molar-refractivity contribution in [2.75, 3.05) is 46.1 Å². The summed E-state index contributed by atoms with van der Waals surface area (Å²) in [5.74, 6) is 0.864. The molecule has 2 atom stereocenters. The van der Waals surface area contributed by atoms with Crippen LogP contribution in [0.15, 0.2) is 4.99 Å². The lowest BCUT2D eigenvalue weighted by atomic mass is 10.0. The molecule has 6 heteroatoms. The molecule has 2 aliphatic heterocycles. The van der Waals surface area contributed by atoms with E-state index in [9.17, 15) is 0 Å². The number of ether oxygens (including phenoxy) is 3. The third-order valence-corrected chi connectivity index (χ3v) is 4.30. The van der Waals surface area contributed by atoms with Gasteiger partial charge >= 0.3 is 0 Å². The van der Waals surface area contributed by atoms with Gasteiger partial charge in [0.1, 0.15) is 0 Å². The van der Waals surface area contributed by atoms with Crippen LogP contribution < -0.4 is 10.6 Å². The zero-order valence-electron chi connectivity index (χ0n) is 14.7. The Balaban J connectivity index is 1.57. The van der Waals surface area contributed by atoms with Crippen LogP contribution in [-0.4, -0.2) is 63.7 Å². The predicted octanol–water partition coefficient (Wildman–Crippen LogP) is 1.70. The molecule has 2 N–H and O–H groups in total. The Kier molecular flexibility index (Phi) is 8.12. The summed E-state index contributed by atoms with van der Waals surface area (Å²) in [5.41, 5.74) is -0.0905. The number of nitrogens with one attached hydrogen (secondary N) is 2. The summed E-state index contributed by atoms with van der Waals surface area (Å²) in [7, 11) is 0. The van der Waals surface area contributed by atoms with Crippen LogP contribution in [0.2, 0.25) is 0 Å². The monoisotopic (exact) mass is 327 g/mol. The maximum Gasteiger partial charge on any atom is 0.191 e. The van der Waals surface area contributed by atoms with Crippen LogP contribution in [0.5, 0.6) is 0 Å². The molecule has 0 aromatic carbocycles. The Morgan fingerprint density at radius 2 is 2.22 bits per heavy atom. The van der Waals surface area contributed by atoms with E-state index < -0.39 is 0 Å². The van der Waals surface area contributed by atoms with Crippen molar-refractivity contribution in [2.45, 2.75) is 57.7 Å². The van der Waals surface area contributed by atoms with Gasteiger partial charge < -0.3 is 24.8 Å². The minimum Gasteiger partial charge on any atom is -0.379 e. The predicted molar refractivity (Wildman–Crippen MR) is 92.0 cm³/mol. The summed E-state index contributed by atoms with van der Waals surface area (Å²) in [5, 5.41) is 6.64. The van der Waals surface area contributed by atoms with Crippen molar-refractivity contribution in [3.8, 4) is 0 Å². The first-order valence-corrected chi connectivity index (χ1v) is 9.07. The number of nitrogens with zero attached hydrogens (tertiary/aromatic N) is 1. The summed E-state index contributed by atoms with van der Waals surface area (Å²) in [4.78, 5) is 4.66. The topological polar surface area (TPSA) is 64.1 Å². The van der Waals surface area contributed by atoms with E-state index in [2.05, 4.69) is 29.5 Å². The summed E-state index contributed by atoms with van der Waals surface area (Å²) in [6.45, 7) is 9.88. The van der Waals surface area contributed by atoms with E-state index >= 15 is 0 Å². The summed E-state index contributed by atoms with van der Waals surface area (Å²) < 4.78 is 17.0. The largest absolute Gasteiger partial charge is 0.379 e. The van der Waals surface area contributed by atoms with Gasteiger partial charge in [-0.1, -0.05) is 0 Å². The van der Waals surface area contributed by atoms with E-state index in [-0.39, 0.29) is 5.60 Å². The van der Waals surface area contributed by atoms with Gasteiger partial charge in [-0.15, -0.1) is 0 Å². The maximum absolute atomic E-state index is 5.78. The van der Waals surface area contributed by atoms with Crippen molar-refractivity contribution in [3.05, 3.63) is 0 Å². The molecule has 134 valence electrons. The first-order chi connectivity index (χ1) is 11.2. The zero-order valence-corrected chi connectivity index (χ0v) is 14.7. The van der Waals surface area contributed by atoms with Gasteiger partial charge in [0.05, 0.1) is 24.9 Å². The lowest BCUT2D eigenvalue weighted by Gasteiger charge is -2.21. The van der Waals surface area contributed by atoms with Gasteiger partial charge in [0, 0.05) is 32.9 Å². The fourth-order valence-corrected chi connectivity index (χ4v) is 2.92. The van der Waals surface area contributed by atoms with Crippen molar-refractivity contribution in [1.82, 2.24) is 10.6 Å². The molecule has 0 saturated carbocycles. The fraction of sp³-hybridized carbons (Fsp3) is 0.941. The Labute approximate surface area is 140 Å². The summed E-state index contributed by atoms with van der Waals surface area (Å²) in [6, 6.07) is 0. The molecule has 2 unspecified atom stereocenters. The molecule has 2 rings (SSSR count). The van der Waals surface area contributed by atoms with Gasteiger partial charge in [-0.05, 0) is 46.0 Å². The third kappa shape index (κ3) is 7.06.